The Morgan fingerprint density at radius 2 is 1.33 bits per heavy atom. The van der Waals surface area contributed by atoms with Crippen LogP contribution in [-0.4, -0.2) is 11.1 Å². The summed E-state index contributed by atoms with van der Waals surface area (Å²) in [5, 5.41) is 3.66. The van der Waals surface area contributed by atoms with E-state index in [9.17, 15) is 0 Å². The van der Waals surface area contributed by atoms with Gasteiger partial charge < -0.3 is 5.32 Å². The molecule has 74 valence electrons. The van der Waals surface area contributed by atoms with E-state index in [1.165, 1.54) is 6.42 Å². The lowest BCUT2D eigenvalue weighted by Crippen LogP contribution is -2.47. The van der Waals surface area contributed by atoms with Crippen LogP contribution in [0.1, 0.15) is 48.0 Å². The highest BCUT2D eigenvalue weighted by Crippen LogP contribution is 2.45. The van der Waals surface area contributed by atoms with Gasteiger partial charge >= 0.3 is 0 Å². The molecular weight excluding hydrogens is 170 g/mol. The second-order valence-electron chi connectivity index (χ2n) is 5.69. The Bertz CT molecular complexity index is 153. The van der Waals surface area contributed by atoms with Crippen LogP contribution < -0.4 is 5.32 Å². The third-order valence-electron chi connectivity index (χ3n) is 3.23. The number of hydrogen-bond acceptors (Lipinski definition) is 1. The minimum absolute atomic E-state index is 0. The molecule has 0 aromatic heterocycles. The number of hydrogen-bond donors (Lipinski definition) is 1. The van der Waals surface area contributed by atoms with Gasteiger partial charge in [0.2, 0.25) is 0 Å². The molecular formula is C10H22ClN. The third-order valence-corrected chi connectivity index (χ3v) is 3.23. The molecule has 2 heteroatoms. The summed E-state index contributed by atoms with van der Waals surface area (Å²) in [6.45, 7) is 13.8. The maximum atomic E-state index is 3.66. The maximum absolute atomic E-state index is 3.66. The van der Waals surface area contributed by atoms with E-state index in [2.05, 4.69) is 46.9 Å². The molecule has 0 aliphatic carbocycles. The Kier molecular flexibility index (Phi) is 2.94. The van der Waals surface area contributed by atoms with Crippen molar-refractivity contribution in [2.75, 3.05) is 0 Å². The normalized spacial score (nSPS) is 29.5. The first-order chi connectivity index (χ1) is 4.66. The van der Waals surface area contributed by atoms with Crippen LogP contribution in [0.25, 0.3) is 0 Å². The first-order valence-electron chi connectivity index (χ1n) is 4.46. The zero-order chi connectivity index (χ0) is 8.91. The largest absolute Gasteiger partial charge is 0.306 e. The summed E-state index contributed by atoms with van der Waals surface area (Å²) in [6.07, 6.45) is 1.26. The van der Waals surface area contributed by atoms with E-state index in [4.69, 9.17) is 0 Å². The molecule has 12 heavy (non-hydrogen) atoms. The van der Waals surface area contributed by atoms with E-state index in [1.807, 2.05) is 0 Å². The van der Waals surface area contributed by atoms with E-state index in [0.29, 0.717) is 11.0 Å². The van der Waals surface area contributed by atoms with Gasteiger partial charge in [0.1, 0.15) is 0 Å². The van der Waals surface area contributed by atoms with Crippen LogP contribution in [0.2, 0.25) is 0 Å². The first kappa shape index (κ1) is 12.2. The van der Waals surface area contributed by atoms with Crippen LogP contribution in [0.4, 0.5) is 0 Å². The number of nitrogens with one attached hydrogen (secondary N) is 1. The monoisotopic (exact) mass is 191 g/mol. The quantitative estimate of drug-likeness (QED) is 0.621. The Hall–Kier alpha value is 0.250. The van der Waals surface area contributed by atoms with Crippen molar-refractivity contribution >= 4 is 12.4 Å². The summed E-state index contributed by atoms with van der Waals surface area (Å²) < 4.78 is 0. The van der Waals surface area contributed by atoms with Crippen LogP contribution in [0.3, 0.4) is 0 Å². The number of rotatable bonds is 0. The van der Waals surface area contributed by atoms with E-state index < -0.39 is 0 Å². The molecule has 1 saturated heterocycles. The van der Waals surface area contributed by atoms with Crippen molar-refractivity contribution in [1.82, 2.24) is 5.32 Å². The molecule has 0 aromatic carbocycles. The average Bonchev–Trinajstić information content (AvgIpc) is 1.66. The van der Waals surface area contributed by atoms with Gasteiger partial charge in [0, 0.05) is 11.1 Å². The summed E-state index contributed by atoms with van der Waals surface area (Å²) >= 11 is 0. The minimum atomic E-state index is 0. The first-order valence-corrected chi connectivity index (χ1v) is 4.46. The van der Waals surface area contributed by atoms with Crippen molar-refractivity contribution in [1.29, 1.82) is 0 Å². The molecule has 0 atom stereocenters. The molecule has 1 fully saturated rings. The van der Waals surface area contributed by atoms with Gasteiger partial charge in [-0.15, -0.1) is 12.4 Å². The van der Waals surface area contributed by atoms with E-state index in [0.717, 1.165) is 0 Å². The summed E-state index contributed by atoms with van der Waals surface area (Å²) in [4.78, 5) is 0. The van der Waals surface area contributed by atoms with Crippen LogP contribution in [0, 0.1) is 5.41 Å². The Morgan fingerprint density at radius 1 is 0.917 bits per heavy atom. The van der Waals surface area contributed by atoms with Gasteiger partial charge in [-0.2, -0.15) is 0 Å². The molecule has 1 nitrogen and oxygen atoms in total. The van der Waals surface area contributed by atoms with Crippen molar-refractivity contribution in [3.05, 3.63) is 0 Å². The average molecular weight is 192 g/mol. The minimum Gasteiger partial charge on any atom is -0.306 e. The predicted octanol–water partition coefficient (Wildman–Crippen LogP) is 2.98. The summed E-state index contributed by atoms with van der Waals surface area (Å²) in [6, 6.07) is 0. The van der Waals surface area contributed by atoms with Gasteiger partial charge in [-0.25, -0.2) is 0 Å². The lowest BCUT2D eigenvalue weighted by molar-refractivity contribution is 0.224. The standard InChI is InChI=1S/C10H21N.ClH/c1-8(2)7-9(3,4)11-10(8,5)6;/h11H,7H2,1-6H3;1H. The van der Waals surface area contributed by atoms with Gasteiger partial charge in [-0.05, 0) is 39.5 Å². The van der Waals surface area contributed by atoms with Crippen LogP contribution in [0.15, 0.2) is 0 Å². The summed E-state index contributed by atoms with van der Waals surface area (Å²) in [7, 11) is 0. The molecule has 0 spiro atoms. The van der Waals surface area contributed by atoms with E-state index >= 15 is 0 Å². The lowest BCUT2D eigenvalue weighted by atomic mass is 9.74. The van der Waals surface area contributed by atoms with Crippen molar-refractivity contribution in [2.24, 2.45) is 5.41 Å². The summed E-state index contributed by atoms with van der Waals surface area (Å²) in [5.41, 5.74) is 1.00. The smallest absolute Gasteiger partial charge is 0.0181 e. The zero-order valence-electron chi connectivity index (χ0n) is 9.12. The predicted molar refractivity (Wildman–Crippen MR) is 56.9 cm³/mol. The Morgan fingerprint density at radius 3 is 1.42 bits per heavy atom. The molecule has 1 heterocycles. The number of halogens is 1. The van der Waals surface area contributed by atoms with Crippen LogP contribution in [-0.2, 0) is 0 Å². The van der Waals surface area contributed by atoms with Gasteiger partial charge in [0.05, 0.1) is 0 Å². The Labute approximate surface area is 82.7 Å². The van der Waals surface area contributed by atoms with Crippen molar-refractivity contribution in [3.8, 4) is 0 Å². The van der Waals surface area contributed by atoms with E-state index in [1.54, 1.807) is 0 Å². The van der Waals surface area contributed by atoms with Crippen molar-refractivity contribution in [3.63, 3.8) is 0 Å². The highest BCUT2D eigenvalue weighted by atomic mass is 35.5. The SMILES string of the molecule is CC1(C)CC(C)(C)C(C)(C)N1.Cl. The van der Waals surface area contributed by atoms with Gasteiger partial charge in [-0.1, -0.05) is 13.8 Å². The van der Waals surface area contributed by atoms with Crippen molar-refractivity contribution in [2.45, 2.75) is 59.0 Å². The molecule has 1 N–H and O–H groups in total. The third kappa shape index (κ3) is 1.94. The molecule has 1 aliphatic heterocycles. The van der Waals surface area contributed by atoms with Gasteiger partial charge in [-0.3, -0.25) is 0 Å². The highest BCUT2D eigenvalue weighted by molar-refractivity contribution is 5.85. The van der Waals surface area contributed by atoms with Gasteiger partial charge in [0.25, 0.3) is 0 Å². The summed E-state index contributed by atoms with van der Waals surface area (Å²) in [5.74, 6) is 0. The van der Waals surface area contributed by atoms with Crippen LogP contribution in [0.5, 0.6) is 0 Å². The fourth-order valence-corrected chi connectivity index (χ4v) is 2.39. The molecule has 0 saturated carbocycles. The molecule has 1 rings (SSSR count). The zero-order valence-corrected chi connectivity index (χ0v) is 9.93. The van der Waals surface area contributed by atoms with Gasteiger partial charge in [0.15, 0.2) is 0 Å². The molecule has 1 aliphatic rings. The van der Waals surface area contributed by atoms with E-state index in [-0.39, 0.29) is 17.9 Å². The fourth-order valence-electron chi connectivity index (χ4n) is 2.39. The molecule has 0 radical (unpaired) electrons. The Balaban J connectivity index is 0.00000121. The van der Waals surface area contributed by atoms with Crippen molar-refractivity contribution < 1.29 is 0 Å². The molecule has 0 bridgehead atoms. The maximum Gasteiger partial charge on any atom is 0.0181 e. The fraction of sp³-hybridized carbons (Fsp3) is 1.00. The second-order valence-corrected chi connectivity index (χ2v) is 5.69. The van der Waals surface area contributed by atoms with Crippen LogP contribution >= 0.6 is 12.4 Å². The highest BCUT2D eigenvalue weighted by Gasteiger charge is 2.49. The molecule has 0 unspecified atom stereocenters. The topological polar surface area (TPSA) is 12.0 Å². The second kappa shape index (κ2) is 2.88. The molecule has 0 amide bonds. The lowest BCUT2D eigenvalue weighted by Gasteiger charge is -2.34. The molecule has 0 aromatic rings.